The van der Waals surface area contributed by atoms with Gasteiger partial charge in [0.15, 0.2) is 11.6 Å². The van der Waals surface area contributed by atoms with E-state index in [1.807, 2.05) is 31.7 Å². The Balaban J connectivity index is 1.40. The van der Waals surface area contributed by atoms with Gasteiger partial charge in [-0.15, -0.1) is 0 Å². The first kappa shape index (κ1) is 29.7. The van der Waals surface area contributed by atoms with E-state index in [1.165, 1.54) is 0 Å². The van der Waals surface area contributed by atoms with Gasteiger partial charge < -0.3 is 24.0 Å². The van der Waals surface area contributed by atoms with Crippen LogP contribution in [-0.4, -0.2) is 75.1 Å². The molecule has 12 heteroatoms. The van der Waals surface area contributed by atoms with E-state index < -0.39 is 17.5 Å². The minimum Gasteiger partial charge on any atom is -0.497 e. The highest BCUT2D eigenvalue weighted by atomic mass is 19.1. The Labute approximate surface area is 256 Å². The van der Waals surface area contributed by atoms with Gasteiger partial charge in [0, 0.05) is 42.5 Å². The average molecular weight is 607 g/mol. The van der Waals surface area contributed by atoms with Crippen LogP contribution in [0.5, 0.6) is 11.5 Å². The van der Waals surface area contributed by atoms with E-state index in [0.29, 0.717) is 22.8 Å². The molecule has 2 atom stereocenters. The maximum atomic E-state index is 16.7. The monoisotopic (exact) mass is 606 g/mol. The lowest BCUT2D eigenvalue weighted by atomic mass is 9.90. The number of anilines is 1. The van der Waals surface area contributed by atoms with Gasteiger partial charge in [0.2, 0.25) is 0 Å². The van der Waals surface area contributed by atoms with Gasteiger partial charge in [-0.1, -0.05) is 12.8 Å². The molecule has 2 amide bonds. The van der Waals surface area contributed by atoms with Gasteiger partial charge in [-0.25, -0.2) is 14.2 Å². The summed E-state index contributed by atoms with van der Waals surface area (Å²) < 4.78 is 35.0. The number of aromatic nitrogens is 3. The van der Waals surface area contributed by atoms with Crippen molar-refractivity contribution < 1.29 is 28.2 Å². The smallest absolute Gasteiger partial charge is 0.412 e. The fraction of sp³-hybridized carbons (Fsp3) is 0.500. The second-order valence-electron chi connectivity index (χ2n) is 12.7. The lowest BCUT2D eigenvalue weighted by Gasteiger charge is -2.33. The van der Waals surface area contributed by atoms with E-state index in [9.17, 15) is 9.59 Å². The molecule has 44 heavy (non-hydrogen) atoms. The predicted octanol–water partition coefficient (Wildman–Crippen LogP) is 5.12. The summed E-state index contributed by atoms with van der Waals surface area (Å²) >= 11 is 0. The molecule has 1 saturated carbocycles. The number of halogens is 1. The van der Waals surface area contributed by atoms with Crippen LogP contribution in [0.15, 0.2) is 30.6 Å². The molecule has 0 bridgehead atoms. The molecule has 11 nitrogen and oxygen atoms in total. The van der Waals surface area contributed by atoms with Gasteiger partial charge in [0.05, 0.1) is 57.0 Å². The van der Waals surface area contributed by atoms with Gasteiger partial charge in [-0.2, -0.15) is 5.10 Å². The first-order chi connectivity index (χ1) is 21.0. The van der Waals surface area contributed by atoms with E-state index >= 15 is 4.39 Å². The molecule has 4 heterocycles. The summed E-state index contributed by atoms with van der Waals surface area (Å²) in [6.07, 6.45) is 6.54. The Hall–Kier alpha value is -4.35. The standard InChI is InChI=1S/C32H39FN6O5/c1-32(2,3)44-31(41)39-18-38(23-9-7-8-10-24(23)39)29-27(33)22-17-37(16-19-11-12-21(42-5)13-25(19)43-6)30(40)26(22)28(35-29)20-14-34-36(4)15-20/h11-15,23-24H,7-10,16-18H2,1-6H3/t23-,24+/m1/s1. The summed E-state index contributed by atoms with van der Waals surface area (Å²) in [6.45, 7) is 5.94. The Morgan fingerprint density at radius 1 is 1.11 bits per heavy atom. The molecule has 0 radical (unpaired) electrons. The zero-order chi connectivity index (χ0) is 31.3. The second-order valence-corrected chi connectivity index (χ2v) is 12.7. The third-order valence-electron chi connectivity index (χ3n) is 8.60. The molecular formula is C32H39FN6O5. The van der Waals surface area contributed by atoms with Crippen LogP contribution in [0.3, 0.4) is 0 Å². The first-order valence-electron chi connectivity index (χ1n) is 15.0. The van der Waals surface area contributed by atoms with Crippen molar-refractivity contribution in [3.05, 3.63) is 53.1 Å². The van der Waals surface area contributed by atoms with Crippen molar-refractivity contribution in [3.8, 4) is 22.8 Å². The molecule has 0 N–H and O–H groups in total. The number of carbonyl (C=O) groups is 2. The van der Waals surface area contributed by atoms with Gasteiger partial charge in [0.25, 0.3) is 5.91 Å². The van der Waals surface area contributed by atoms with Crippen molar-refractivity contribution in [2.75, 3.05) is 25.8 Å². The number of methoxy groups -OCH3 is 2. The maximum Gasteiger partial charge on any atom is 0.412 e. The number of aryl methyl sites for hydroxylation is 1. The van der Waals surface area contributed by atoms with E-state index in [1.54, 1.807) is 60.3 Å². The number of hydrogen-bond acceptors (Lipinski definition) is 8. The molecule has 2 aromatic heterocycles. The van der Waals surface area contributed by atoms with E-state index in [0.717, 1.165) is 31.2 Å². The van der Waals surface area contributed by atoms with Crippen LogP contribution in [0, 0.1) is 5.82 Å². The Kier molecular flexibility index (Phi) is 7.63. The van der Waals surface area contributed by atoms with E-state index in [2.05, 4.69) is 5.10 Å². The summed E-state index contributed by atoms with van der Waals surface area (Å²) in [4.78, 5) is 37.3. The lowest BCUT2D eigenvalue weighted by Crippen LogP contribution is -2.44. The average Bonchev–Trinajstić information content (AvgIpc) is 3.69. The minimum atomic E-state index is -0.657. The Morgan fingerprint density at radius 2 is 1.86 bits per heavy atom. The SMILES string of the molecule is COc1ccc(CN2Cc3c(F)c(N4CN(C(=O)OC(C)(C)C)[C@H]5CCCC[C@H]54)nc(-c4cnn(C)c4)c3C2=O)c(OC)c1. The number of benzene rings is 1. The number of fused-ring (bicyclic) bond motifs is 2. The molecule has 0 spiro atoms. The molecule has 234 valence electrons. The van der Waals surface area contributed by atoms with Crippen molar-refractivity contribution in [1.82, 2.24) is 24.6 Å². The summed E-state index contributed by atoms with van der Waals surface area (Å²) in [5.41, 5.74) is 1.62. The summed E-state index contributed by atoms with van der Waals surface area (Å²) in [7, 11) is 4.92. The molecule has 3 aliphatic rings. The van der Waals surface area contributed by atoms with Crippen molar-refractivity contribution in [1.29, 1.82) is 0 Å². The summed E-state index contributed by atoms with van der Waals surface area (Å²) in [5, 5.41) is 4.30. The topological polar surface area (TPSA) is 102 Å². The number of ether oxygens (including phenoxy) is 3. The van der Waals surface area contributed by atoms with Crippen LogP contribution in [0.4, 0.5) is 15.0 Å². The molecule has 1 aliphatic carbocycles. The van der Waals surface area contributed by atoms with Crippen molar-refractivity contribution >= 4 is 17.8 Å². The van der Waals surface area contributed by atoms with Gasteiger partial charge in [-0.05, 0) is 45.7 Å². The van der Waals surface area contributed by atoms with Crippen LogP contribution in [0.2, 0.25) is 0 Å². The van der Waals surface area contributed by atoms with Crippen LogP contribution in [0.1, 0.15) is 67.9 Å². The third-order valence-corrected chi connectivity index (χ3v) is 8.60. The van der Waals surface area contributed by atoms with Crippen LogP contribution >= 0.6 is 0 Å². The van der Waals surface area contributed by atoms with Crippen molar-refractivity contribution in [3.63, 3.8) is 0 Å². The zero-order valence-corrected chi connectivity index (χ0v) is 26.1. The number of amides is 2. The zero-order valence-electron chi connectivity index (χ0n) is 26.1. The minimum absolute atomic E-state index is 0.0652. The fourth-order valence-corrected chi connectivity index (χ4v) is 6.59. The Bertz CT molecular complexity index is 1600. The maximum absolute atomic E-state index is 16.7. The molecule has 3 aromatic rings. The summed E-state index contributed by atoms with van der Waals surface area (Å²) in [6, 6.07) is 5.17. The van der Waals surface area contributed by atoms with E-state index in [4.69, 9.17) is 19.2 Å². The third kappa shape index (κ3) is 5.30. The molecule has 1 aromatic carbocycles. The molecule has 2 aliphatic heterocycles. The summed E-state index contributed by atoms with van der Waals surface area (Å²) in [5.74, 6) is 0.486. The highest BCUT2D eigenvalue weighted by Crippen LogP contribution is 2.42. The van der Waals surface area contributed by atoms with E-state index in [-0.39, 0.29) is 54.7 Å². The number of hydrogen-bond donors (Lipinski definition) is 0. The fourth-order valence-electron chi connectivity index (χ4n) is 6.59. The predicted molar refractivity (Wildman–Crippen MR) is 161 cm³/mol. The number of nitrogens with zero attached hydrogens (tertiary/aromatic N) is 6. The lowest BCUT2D eigenvalue weighted by molar-refractivity contribution is 0.0200. The quantitative estimate of drug-likeness (QED) is 0.381. The van der Waals surface area contributed by atoms with Crippen LogP contribution < -0.4 is 14.4 Å². The molecule has 0 unspecified atom stereocenters. The van der Waals surface area contributed by atoms with Crippen LogP contribution in [-0.2, 0) is 24.9 Å². The Morgan fingerprint density at radius 3 is 2.52 bits per heavy atom. The number of carbonyl (C=O) groups excluding carboxylic acids is 2. The second kappa shape index (κ2) is 11.3. The molecule has 6 rings (SSSR count). The van der Waals surface area contributed by atoms with Crippen molar-refractivity contribution in [2.45, 2.75) is 77.2 Å². The number of pyridine rings is 1. The largest absolute Gasteiger partial charge is 0.497 e. The normalized spacial score (nSPS) is 19.7. The van der Waals surface area contributed by atoms with Gasteiger partial charge in [0.1, 0.15) is 17.1 Å². The molecular weight excluding hydrogens is 567 g/mol. The highest BCUT2D eigenvalue weighted by Gasteiger charge is 2.47. The van der Waals surface area contributed by atoms with Gasteiger partial charge in [-0.3, -0.25) is 14.4 Å². The first-order valence-corrected chi connectivity index (χ1v) is 15.0. The van der Waals surface area contributed by atoms with Crippen LogP contribution in [0.25, 0.3) is 11.3 Å². The molecule has 1 saturated heterocycles. The van der Waals surface area contributed by atoms with Crippen molar-refractivity contribution in [2.24, 2.45) is 7.05 Å². The molecule has 2 fully saturated rings. The number of rotatable bonds is 6. The highest BCUT2D eigenvalue weighted by molar-refractivity contribution is 6.04. The van der Waals surface area contributed by atoms with Gasteiger partial charge >= 0.3 is 6.09 Å².